The lowest BCUT2D eigenvalue weighted by Gasteiger charge is -2.36. The van der Waals surface area contributed by atoms with Crippen molar-refractivity contribution in [2.75, 3.05) is 56.7 Å². The summed E-state index contributed by atoms with van der Waals surface area (Å²) >= 11 is 1.42. The third kappa shape index (κ3) is 5.31. The van der Waals surface area contributed by atoms with Gasteiger partial charge in [0.15, 0.2) is 0 Å². The van der Waals surface area contributed by atoms with Crippen LogP contribution in [-0.4, -0.2) is 63.2 Å². The van der Waals surface area contributed by atoms with Crippen molar-refractivity contribution < 1.29 is 19.1 Å². The average molecular weight is 432 g/mol. The molecule has 162 valence electrons. The number of para-hydroxylation sites is 2. The van der Waals surface area contributed by atoms with E-state index in [0.717, 1.165) is 48.9 Å². The number of hydrogen-bond acceptors (Lipinski definition) is 7. The van der Waals surface area contributed by atoms with Gasteiger partial charge in [0.05, 0.1) is 31.5 Å². The Hall–Kier alpha value is -2.58. The lowest BCUT2D eigenvalue weighted by atomic mass is 10.2. The summed E-state index contributed by atoms with van der Waals surface area (Å²) in [6, 6.07) is 9.85. The lowest BCUT2D eigenvalue weighted by molar-refractivity contribution is -0.117. The molecule has 2 aromatic rings. The largest absolute Gasteiger partial charge is 0.492 e. The smallest absolute Gasteiger partial charge is 0.340 e. The number of benzene rings is 1. The minimum Gasteiger partial charge on any atom is -0.492 e. The van der Waals surface area contributed by atoms with Gasteiger partial charge in [0, 0.05) is 31.1 Å². The highest BCUT2D eigenvalue weighted by Gasteiger charge is 2.23. The molecule has 3 rings (SSSR count). The molecule has 8 heteroatoms. The van der Waals surface area contributed by atoms with Gasteiger partial charge in [-0.3, -0.25) is 9.69 Å². The lowest BCUT2D eigenvalue weighted by Crippen LogP contribution is -2.48. The van der Waals surface area contributed by atoms with E-state index in [-0.39, 0.29) is 5.91 Å². The Balaban J connectivity index is 1.56. The van der Waals surface area contributed by atoms with Crippen LogP contribution in [0, 0.1) is 0 Å². The van der Waals surface area contributed by atoms with Crippen LogP contribution >= 0.6 is 11.3 Å². The first kappa shape index (κ1) is 22.1. The van der Waals surface area contributed by atoms with Crippen LogP contribution in [0.3, 0.4) is 0 Å². The molecule has 1 N–H and O–H groups in total. The average Bonchev–Trinajstić information content (AvgIpc) is 3.17. The van der Waals surface area contributed by atoms with Gasteiger partial charge in [-0.05, 0) is 31.5 Å². The van der Waals surface area contributed by atoms with E-state index in [4.69, 9.17) is 9.47 Å². The molecule has 1 amide bonds. The standard InChI is InChI=1S/C22H29N3O4S/c1-4-16-14-17(22(27)28-3)21(30-16)23-20(26)15-24-10-12-25(13-11-24)18-8-6-7-9-19(18)29-5-2/h6-9,14H,4-5,10-13,15H2,1-3H3,(H,23,26). The van der Waals surface area contributed by atoms with E-state index < -0.39 is 5.97 Å². The number of esters is 1. The number of ether oxygens (including phenoxy) is 2. The number of nitrogens with one attached hydrogen (secondary N) is 1. The molecule has 1 aliphatic rings. The predicted octanol–water partition coefficient (Wildman–Crippen LogP) is 3.26. The third-order valence-corrected chi connectivity index (χ3v) is 6.23. The number of methoxy groups -OCH3 is 1. The fraction of sp³-hybridized carbons (Fsp3) is 0.455. The number of anilines is 2. The molecule has 0 aliphatic carbocycles. The zero-order valence-corrected chi connectivity index (χ0v) is 18.6. The number of amides is 1. The monoisotopic (exact) mass is 431 g/mol. The minimum absolute atomic E-state index is 0.118. The van der Waals surface area contributed by atoms with Crippen LogP contribution in [0.2, 0.25) is 0 Å². The van der Waals surface area contributed by atoms with Crippen molar-refractivity contribution in [1.82, 2.24) is 4.90 Å². The molecule has 0 radical (unpaired) electrons. The number of aryl methyl sites for hydroxylation is 1. The van der Waals surface area contributed by atoms with E-state index >= 15 is 0 Å². The SMILES string of the molecule is CCOc1ccccc1N1CCN(CC(=O)Nc2sc(CC)cc2C(=O)OC)CC1. The molecule has 0 unspecified atom stereocenters. The molecule has 0 atom stereocenters. The Morgan fingerprint density at radius 1 is 1.13 bits per heavy atom. The molecule has 1 fully saturated rings. The summed E-state index contributed by atoms with van der Waals surface area (Å²) < 4.78 is 10.6. The summed E-state index contributed by atoms with van der Waals surface area (Å²) in [7, 11) is 1.35. The Morgan fingerprint density at radius 3 is 2.53 bits per heavy atom. The molecule has 2 heterocycles. The second-order valence-corrected chi connectivity index (χ2v) is 8.15. The fourth-order valence-electron chi connectivity index (χ4n) is 3.48. The highest BCUT2D eigenvalue weighted by atomic mass is 32.1. The normalized spacial score (nSPS) is 14.4. The number of nitrogens with zero attached hydrogens (tertiary/aromatic N) is 2. The first-order valence-electron chi connectivity index (χ1n) is 10.3. The van der Waals surface area contributed by atoms with Crippen LogP contribution in [0.1, 0.15) is 29.1 Å². The summed E-state index contributed by atoms with van der Waals surface area (Å²) in [6.45, 7) is 8.13. The van der Waals surface area contributed by atoms with E-state index in [1.807, 2.05) is 32.0 Å². The molecule has 7 nitrogen and oxygen atoms in total. The number of piperazine rings is 1. The van der Waals surface area contributed by atoms with E-state index in [9.17, 15) is 9.59 Å². The van der Waals surface area contributed by atoms with Crippen LogP contribution in [0.25, 0.3) is 0 Å². The van der Waals surface area contributed by atoms with Crippen LogP contribution in [0.15, 0.2) is 30.3 Å². The van der Waals surface area contributed by atoms with Gasteiger partial charge in [-0.15, -0.1) is 11.3 Å². The number of carbonyl (C=O) groups is 2. The van der Waals surface area contributed by atoms with Gasteiger partial charge in [-0.1, -0.05) is 19.1 Å². The van der Waals surface area contributed by atoms with Crippen molar-refractivity contribution in [2.24, 2.45) is 0 Å². The second kappa shape index (κ2) is 10.4. The predicted molar refractivity (Wildman–Crippen MR) is 120 cm³/mol. The van der Waals surface area contributed by atoms with Crippen molar-refractivity contribution in [3.8, 4) is 5.75 Å². The van der Waals surface area contributed by atoms with Gasteiger partial charge in [0.25, 0.3) is 0 Å². The van der Waals surface area contributed by atoms with Crippen LogP contribution in [0.5, 0.6) is 5.75 Å². The molecule has 30 heavy (non-hydrogen) atoms. The second-order valence-electron chi connectivity index (χ2n) is 7.01. The van der Waals surface area contributed by atoms with Crippen LogP contribution in [-0.2, 0) is 16.0 Å². The van der Waals surface area contributed by atoms with Crippen LogP contribution < -0.4 is 15.0 Å². The van der Waals surface area contributed by atoms with Crippen molar-refractivity contribution in [1.29, 1.82) is 0 Å². The van der Waals surface area contributed by atoms with E-state index in [1.54, 1.807) is 6.07 Å². The van der Waals surface area contributed by atoms with E-state index in [2.05, 4.69) is 21.2 Å². The Bertz CT molecular complexity index is 875. The van der Waals surface area contributed by atoms with Crippen LogP contribution in [0.4, 0.5) is 10.7 Å². The van der Waals surface area contributed by atoms with Gasteiger partial charge >= 0.3 is 5.97 Å². The molecular weight excluding hydrogens is 402 g/mol. The minimum atomic E-state index is -0.428. The quantitative estimate of drug-likeness (QED) is 0.647. The Kier molecular flexibility index (Phi) is 7.70. The Labute approximate surface area is 181 Å². The molecular formula is C22H29N3O4S. The van der Waals surface area contributed by atoms with Gasteiger partial charge in [0.1, 0.15) is 10.8 Å². The first-order chi connectivity index (χ1) is 14.5. The van der Waals surface area contributed by atoms with Gasteiger partial charge in [0.2, 0.25) is 5.91 Å². The number of carbonyl (C=O) groups excluding carboxylic acids is 2. The summed E-state index contributed by atoms with van der Waals surface area (Å²) in [5.74, 6) is 0.349. The summed E-state index contributed by atoms with van der Waals surface area (Å²) in [6.07, 6.45) is 0.801. The zero-order chi connectivity index (χ0) is 21.5. The van der Waals surface area contributed by atoms with Crippen molar-refractivity contribution in [3.63, 3.8) is 0 Å². The Morgan fingerprint density at radius 2 is 1.87 bits per heavy atom. The number of thiophene rings is 1. The van der Waals surface area contributed by atoms with E-state index in [1.165, 1.54) is 18.4 Å². The molecule has 1 aromatic heterocycles. The molecule has 1 saturated heterocycles. The maximum atomic E-state index is 12.6. The summed E-state index contributed by atoms with van der Waals surface area (Å²) in [5, 5.41) is 3.46. The van der Waals surface area contributed by atoms with E-state index in [0.29, 0.717) is 23.7 Å². The van der Waals surface area contributed by atoms with Crippen molar-refractivity contribution in [2.45, 2.75) is 20.3 Å². The maximum Gasteiger partial charge on any atom is 0.340 e. The topological polar surface area (TPSA) is 71.1 Å². The molecule has 0 bridgehead atoms. The number of hydrogen-bond donors (Lipinski definition) is 1. The molecule has 1 aromatic carbocycles. The first-order valence-corrected chi connectivity index (χ1v) is 11.1. The molecule has 0 spiro atoms. The van der Waals surface area contributed by atoms with Gasteiger partial charge < -0.3 is 19.7 Å². The van der Waals surface area contributed by atoms with Gasteiger partial charge in [-0.2, -0.15) is 0 Å². The summed E-state index contributed by atoms with van der Waals surface area (Å²) in [5.41, 5.74) is 1.52. The van der Waals surface area contributed by atoms with Crippen molar-refractivity contribution in [3.05, 3.63) is 40.8 Å². The highest BCUT2D eigenvalue weighted by molar-refractivity contribution is 7.16. The summed E-state index contributed by atoms with van der Waals surface area (Å²) in [4.78, 5) is 30.0. The highest BCUT2D eigenvalue weighted by Crippen LogP contribution is 2.30. The number of rotatable bonds is 8. The van der Waals surface area contributed by atoms with Gasteiger partial charge in [-0.25, -0.2) is 4.79 Å². The third-order valence-electron chi connectivity index (χ3n) is 5.04. The molecule has 1 aliphatic heterocycles. The van der Waals surface area contributed by atoms with Crippen molar-refractivity contribution >= 4 is 33.9 Å². The molecule has 0 saturated carbocycles. The maximum absolute atomic E-state index is 12.6. The fourth-order valence-corrected chi connectivity index (χ4v) is 4.48. The zero-order valence-electron chi connectivity index (χ0n) is 17.8.